The first-order valence-corrected chi connectivity index (χ1v) is 4.90. The van der Waals surface area contributed by atoms with E-state index >= 15 is 0 Å². The average molecular weight is 260 g/mol. The summed E-state index contributed by atoms with van der Waals surface area (Å²) >= 11 is 3.26. The van der Waals surface area contributed by atoms with E-state index in [0.717, 1.165) is 4.47 Å². The Morgan fingerprint density at radius 1 is 1.43 bits per heavy atom. The smallest absolute Gasteiger partial charge is 0.256 e. The zero-order chi connectivity index (χ0) is 10.9. The van der Waals surface area contributed by atoms with Crippen LogP contribution in [-0.2, 0) is 0 Å². The molecular weight excluding hydrogens is 249 g/mol. The summed E-state index contributed by atoms with van der Waals surface area (Å²) in [7, 11) is 3.20. The van der Waals surface area contributed by atoms with Crippen LogP contribution in [0, 0.1) is 12.7 Å². The third kappa shape index (κ3) is 1.95. The van der Waals surface area contributed by atoms with Gasteiger partial charge >= 0.3 is 0 Å². The number of benzene rings is 1. The second-order valence-electron chi connectivity index (χ2n) is 3.23. The van der Waals surface area contributed by atoms with Crippen molar-refractivity contribution in [1.29, 1.82) is 0 Å². The van der Waals surface area contributed by atoms with Gasteiger partial charge in [0.25, 0.3) is 5.91 Å². The SMILES string of the molecule is Cc1c(Br)ccc(F)c1C(=O)N(C)C. The molecule has 0 N–H and O–H groups in total. The van der Waals surface area contributed by atoms with Crippen molar-refractivity contribution in [3.05, 3.63) is 33.5 Å². The zero-order valence-electron chi connectivity index (χ0n) is 8.27. The normalized spacial score (nSPS) is 10.1. The summed E-state index contributed by atoms with van der Waals surface area (Å²) in [6.07, 6.45) is 0. The minimum absolute atomic E-state index is 0.129. The van der Waals surface area contributed by atoms with Crippen LogP contribution in [0.25, 0.3) is 0 Å². The summed E-state index contributed by atoms with van der Waals surface area (Å²) < 4.78 is 14.1. The highest BCUT2D eigenvalue weighted by molar-refractivity contribution is 9.10. The van der Waals surface area contributed by atoms with Gasteiger partial charge in [-0.15, -0.1) is 0 Å². The van der Waals surface area contributed by atoms with Crippen LogP contribution in [0.1, 0.15) is 15.9 Å². The molecule has 0 saturated carbocycles. The van der Waals surface area contributed by atoms with E-state index in [0.29, 0.717) is 5.56 Å². The molecule has 1 amide bonds. The quantitative estimate of drug-likeness (QED) is 0.760. The van der Waals surface area contributed by atoms with E-state index in [9.17, 15) is 9.18 Å². The van der Waals surface area contributed by atoms with Gasteiger partial charge in [0.15, 0.2) is 0 Å². The van der Waals surface area contributed by atoms with Crippen molar-refractivity contribution in [3.63, 3.8) is 0 Å². The molecule has 0 aromatic heterocycles. The fourth-order valence-electron chi connectivity index (χ4n) is 1.14. The van der Waals surface area contributed by atoms with Gasteiger partial charge in [0.2, 0.25) is 0 Å². The van der Waals surface area contributed by atoms with E-state index in [4.69, 9.17) is 0 Å². The van der Waals surface area contributed by atoms with Gasteiger partial charge in [0.1, 0.15) is 5.82 Å². The van der Waals surface area contributed by atoms with Gasteiger partial charge in [-0.3, -0.25) is 4.79 Å². The van der Waals surface area contributed by atoms with Crippen molar-refractivity contribution < 1.29 is 9.18 Å². The van der Waals surface area contributed by atoms with Gasteiger partial charge in [0.05, 0.1) is 5.56 Å². The molecule has 1 rings (SSSR count). The van der Waals surface area contributed by atoms with E-state index < -0.39 is 5.82 Å². The first-order valence-electron chi connectivity index (χ1n) is 4.11. The molecular formula is C10H11BrFNO. The third-order valence-corrected chi connectivity index (χ3v) is 2.83. The van der Waals surface area contributed by atoms with Crippen molar-refractivity contribution in [2.75, 3.05) is 14.1 Å². The van der Waals surface area contributed by atoms with Gasteiger partial charge in [-0.2, -0.15) is 0 Å². The highest BCUT2D eigenvalue weighted by Gasteiger charge is 2.17. The minimum Gasteiger partial charge on any atom is -0.345 e. The van der Waals surface area contributed by atoms with E-state index in [1.165, 1.54) is 11.0 Å². The molecule has 1 aromatic rings. The Balaban J connectivity index is 3.33. The van der Waals surface area contributed by atoms with Crippen LogP contribution in [0.5, 0.6) is 0 Å². The van der Waals surface area contributed by atoms with Crippen molar-refractivity contribution in [1.82, 2.24) is 4.90 Å². The van der Waals surface area contributed by atoms with E-state index in [1.54, 1.807) is 27.1 Å². The fraction of sp³-hybridized carbons (Fsp3) is 0.300. The second-order valence-corrected chi connectivity index (χ2v) is 4.08. The molecule has 4 heteroatoms. The topological polar surface area (TPSA) is 20.3 Å². The first kappa shape index (κ1) is 11.2. The van der Waals surface area contributed by atoms with Gasteiger partial charge in [-0.05, 0) is 24.6 Å². The lowest BCUT2D eigenvalue weighted by Crippen LogP contribution is -2.23. The molecule has 0 saturated heterocycles. The van der Waals surface area contributed by atoms with Gasteiger partial charge in [0, 0.05) is 18.6 Å². The maximum Gasteiger partial charge on any atom is 0.256 e. The molecule has 2 nitrogen and oxygen atoms in total. The number of rotatable bonds is 1. The Bertz CT molecular complexity index is 377. The lowest BCUT2D eigenvalue weighted by atomic mass is 10.1. The number of carbonyl (C=O) groups is 1. The summed E-state index contributed by atoms with van der Waals surface area (Å²) in [5.74, 6) is -0.800. The molecule has 0 aliphatic carbocycles. The van der Waals surface area contributed by atoms with Crippen LogP contribution < -0.4 is 0 Å². The molecule has 0 radical (unpaired) electrons. The van der Waals surface area contributed by atoms with E-state index in [2.05, 4.69) is 15.9 Å². The van der Waals surface area contributed by atoms with Crippen molar-refractivity contribution >= 4 is 21.8 Å². The van der Waals surface area contributed by atoms with E-state index in [-0.39, 0.29) is 11.5 Å². The van der Waals surface area contributed by atoms with E-state index in [1.807, 2.05) is 0 Å². The van der Waals surface area contributed by atoms with Crippen LogP contribution in [0.3, 0.4) is 0 Å². The van der Waals surface area contributed by atoms with Crippen LogP contribution >= 0.6 is 15.9 Å². The molecule has 0 heterocycles. The summed E-state index contributed by atoms with van der Waals surface area (Å²) in [5.41, 5.74) is 0.757. The molecule has 0 atom stereocenters. The largest absolute Gasteiger partial charge is 0.345 e. The molecule has 0 aliphatic rings. The molecule has 0 fully saturated rings. The maximum atomic E-state index is 13.4. The van der Waals surface area contributed by atoms with Crippen LogP contribution in [0.2, 0.25) is 0 Å². The minimum atomic E-state index is -0.482. The fourth-order valence-corrected chi connectivity index (χ4v) is 1.47. The standard InChI is InChI=1S/C10H11BrFNO/c1-6-7(11)4-5-8(12)9(6)10(14)13(2)3/h4-5H,1-3H3. The molecule has 0 bridgehead atoms. The predicted molar refractivity (Wildman–Crippen MR) is 56.9 cm³/mol. The summed E-state index contributed by atoms with van der Waals surface area (Å²) in [6.45, 7) is 1.71. The molecule has 0 unspecified atom stereocenters. The molecule has 14 heavy (non-hydrogen) atoms. The van der Waals surface area contributed by atoms with Gasteiger partial charge in [-0.1, -0.05) is 15.9 Å². The number of hydrogen-bond acceptors (Lipinski definition) is 1. The lowest BCUT2D eigenvalue weighted by molar-refractivity contribution is 0.0822. The van der Waals surface area contributed by atoms with Crippen LogP contribution in [0.15, 0.2) is 16.6 Å². The zero-order valence-corrected chi connectivity index (χ0v) is 9.85. The first-order chi connectivity index (χ1) is 6.45. The Morgan fingerprint density at radius 2 is 2.00 bits per heavy atom. The van der Waals surface area contributed by atoms with Gasteiger partial charge in [-0.25, -0.2) is 4.39 Å². The second kappa shape index (κ2) is 4.09. The molecule has 0 spiro atoms. The van der Waals surface area contributed by atoms with Crippen LogP contribution in [0.4, 0.5) is 4.39 Å². The van der Waals surface area contributed by atoms with Crippen molar-refractivity contribution in [3.8, 4) is 0 Å². The summed E-state index contributed by atoms with van der Waals surface area (Å²) in [5, 5.41) is 0. The Morgan fingerprint density at radius 3 is 2.50 bits per heavy atom. The molecule has 0 aliphatic heterocycles. The van der Waals surface area contributed by atoms with Crippen LogP contribution in [-0.4, -0.2) is 24.9 Å². The number of hydrogen-bond donors (Lipinski definition) is 0. The Kier molecular flexibility index (Phi) is 3.26. The number of carbonyl (C=O) groups excluding carboxylic acids is 1. The van der Waals surface area contributed by atoms with Crippen molar-refractivity contribution in [2.24, 2.45) is 0 Å². The highest BCUT2D eigenvalue weighted by Crippen LogP contribution is 2.23. The monoisotopic (exact) mass is 259 g/mol. The Hall–Kier alpha value is -0.900. The summed E-state index contributed by atoms with van der Waals surface area (Å²) in [6, 6.07) is 2.88. The summed E-state index contributed by atoms with van der Waals surface area (Å²) in [4.78, 5) is 13.0. The predicted octanol–water partition coefficient (Wildman–Crippen LogP) is 2.60. The number of amides is 1. The maximum absolute atomic E-state index is 13.4. The average Bonchev–Trinajstić information content (AvgIpc) is 2.12. The molecule has 76 valence electrons. The highest BCUT2D eigenvalue weighted by atomic mass is 79.9. The lowest BCUT2D eigenvalue weighted by Gasteiger charge is -2.13. The molecule has 1 aromatic carbocycles. The number of halogens is 2. The Labute approximate surface area is 90.8 Å². The number of nitrogens with zero attached hydrogens (tertiary/aromatic N) is 1. The van der Waals surface area contributed by atoms with Gasteiger partial charge < -0.3 is 4.90 Å². The third-order valence-electron chi connectivity index (χ3n) is 1.97. The van der Waals surface area contributed by atoms with Crippen molar-refractivity contribution in [2.45, 2.75) is 6.92 Å².